The average molecular weight is 337 g/mol. The number of carbonyl (C=O) groups excluding carboxylic acids is 1. The van der Waals surface area contributed by atoms with Crippen LogP contribution >= 0.6 is 11.3 Å². The third-order valence-electron chi connectivity index (χ3n) is 4.24. The van der Waals surface area contributed by atoms with Crippen LogP contribution in [0, 0.1) is 0 Å². The van der Waals surface area contributed by atoms with E-state index in [1.165, 1.54) is 21.2 Å². The first-order valence-corrected chi connectivity index (χ1v) is 9.33. The molecule has 0 spiro atoms. The van der Waals surface area contributed by atoms with Crippen LogP contribution in [0.25, 0.3) is 10.1 Å². The normalized spacial score (nSPS) is 11.2. The van der Waals surface area contributed by atoms with Crippen LogP contribution < -0.4 is 5.32 Å². The van der Waals surface area contributed by atoms with E-state index in [2.05, 4.69) is 50.4 Å². The molecule has 0 aliphatic carbocycles. The molecule has 1 N–H and O–H groups in total. The number of nitrogens with one attached hydrogen (secondary N) is 1. The summed E-state index contributed by atoms with van der Waals surface area (Å²) in [5.41, 5.74) is 3.31. The lowest BCUT2D eigenvalue weighted by Gasteiger charge is -2.09. The maximum Gasteiger partial charge on any atom is 0.266 e. The number of carbonyl (C=O) groups is 1. The lowest BCUT2D eigenvalue weighted by molar-refractivity contribution is 0.103. The van der Waals surface area contributed by atoms with Gasteiger partial charge in [0, 0.05) is 10.4 Å². The first kappa shape index (κ1) is 16.7. The Bertz CT molecular complexity index is 846. The van der Waals surface area contributed by atoms with Crippen molar-refractivity contribution in [3.8, 4) is 0 Å². The molecule has 0 saturated heterocycles. The summed E-state index contributed by atoms with van der Waals surface area (Å²) in [7, 11) is 0. The number of anilines is 1. The maximum absolute atomic E-state index is 12.8. The Morgan fingerprint density at radius 3 is 2.46 bits per heavy atom. The van der Waals surface area contributed by atoms with Gasteiger partial charge in [0.25, 0.3) is 5.91 Å². The molecule has 0 radical (unpaired) electrons. The van der Waals surface area contributed by atoms with E-state index in [4.69, 9.17) is 0 Å². The number of aryl methyl sites for hydroxylation is 1. The summed E-state index contributed by atoms with van der Waals surface area (Å²) < 4.78 is 1.18. The number of fused-ring (bicyclic) bond motifs is 1. The van der Waals surface area contributed by atoms with Crippen molar-refractivity contribution in [1.82, 2.24) is 0 Å². The molecule has 0 bridgehead atoms. The molecule has 0 fully saturated rings. The van der Waals surface area contributed by atoms with Gasteiger partial charge in [-0.15, -0.1) is 11.3 Å². The largest absolute Gasteiger partial charge is 0.321 e. The van der Waals surface area contributed by atoms with Gasteiger partial charge in [-0.3, -0.25) is 4.79 Å². The fourth-order valence-electron chi connectivity index (χ4n) is 2.92. The Labute approximate surface area is 147 Å². The molecule has 2 nitrogen and oxygen atoms in total. The zero-order chi connectivity index (χ0) is 17.1. The fourth-order valence-corrected chi connectivity index (χ4v) is 4.07. The number of hydrogen-bond acceptors (Lipinski definition) is 2. The zero-order valence-corrected chi connectivity index (χ0v) is 15.2. The van der Waals surface area contributed by atoms with Gasteiger partial charge in [0.2, 0.25) is 0 Å². The van der Waals surface area contributed by atoms with Crippen LogP contribution in [-0.2, 0) is 6.42 Å². The third-order valence-corrected chi connectivity index (χ3v) is 5.45. The van der Waals surface area contributed by atoms with Crippen LogP contribution in [0.15, 0.2) is 48.5 Å². The lowest BCUT2D eigenvalue weighted by atomic mass is 10.0. The second-order valence-electron chi connectivity index (χ2n) is 6.39. The van der Waals surface area contributed by atoms with E-state index in [0.29, 0.717) is 5.92 Å². The molecule has 0 atom stereocenters. The van der Waals surface area contributed by atoms with Gasteiger partial charge in [0.05, 0.1) is 4.88 Å². The van der Waals surface area contributed by atoms with E-state index in [9.17, 15) is 4.79 Å². The topological polar surface area (TPSA) is 29.1 Å². The maximum atomic E-state index is 12.8. The van der Waals surface area contributed by atoms with E-state index in [0.717, 1.165) is 23.4 Å². The highest BCUT2D eigenvalue weighted by molar-refractivity contribution is 7.21. The summed E-state index contributed by atoms with van der Waals surface area (Å²) in [6.07, 6.45) is 1.96. The molecule has 3 rings (SSSR count). The number of rotatable bonds is 5. The van der Waals surface area contributed by atoms with Gasteiger partial charge in [-0.2, -0.15) is 0 Å². The monoisotopic (exact) mass is 337 g/mol. The molecule has 1 aromatic heterocycles. The highest BCUT2D eigenvalue weighted by Crippen LogP contribution is 2.32. The molecule has 1 amide bonds. The summed E-state index contributed by atoms with van der Waals surface area (Å²) in [5, 5.41) is 4.27. The van der Waals surface area contributed by atoms with Crippen molar-refractivity contribution in [3.05, 3.63) is 64.5 Å². The minimum absolute atomic E-state index is 0.00283. The third kappa shape index (κ3) is 3.36. The van der Waals surface area contributed by atoms with Crippen LogP contribution in [0.1, 0.15) is 53.9 Å². The standard InChI is InChI=1S/C21H23NOS/c1-4-7-18-17-8-5-6-9-19(17)24-20(18)21(23)22-16-12-10-15(11-13-16)14(2)3/h5-6,8-14H,4,7H2,1-3H3,(H,22,23). The predicted molar refractivity (Wildman–Crippen MR) is 104 cm³/mol. The number of benzene rings is 2. The first-order chi connectivity index (χ1) is 11.6. The fraction of sp³-hybridized carbons (Fsp3) is 0.286. The highest BCUT2D eigenvalue weighted by Gasteiger charge is 2.17. The lowest BCUT2D eigenvalue weighted by Crippen LogP contribution is -2.12. The van der Waals surface area contributed by atoms with Gasteiger partial charge < -0.3 is 5.32 Å². The molecule has 0 unspecified atom stereocenters. The smallest absolute Gasteiger partial charge is 0.266 e. The molecule has 1 heterocycles. The van der Waals surface area contributed by atoms with Crippen molar-refractivity contribution in [2.75, 3.05) is 5.32 Å². The Morgan fingerprint density at radius 2 is 1.79 bits per heavy atom. The molecule has 3 aromatic rings. The number of thiophene rings is 1. The molecule has 3 heteroatoms. The minimum Gasteiger partial charge on any atom is -0.321 e. The summed E-state index contributed by atoms with van der Waals surface area (Å²) in [4.78, 5) is 13.6. The van der Waals surface area contributed by atoms with E-state index in [1.807, 2.05) is 24.3 Å². The van der Waals surface area contributed by atoms with Crippen molar-refractivity contribution in [2.45, 2.75) is 39.5 Å². The van der Waals surface area contributed by atoms with Crippen LogP contribution in [-0.4, -0.2) is 5.91 Å². The summed E-state index contributed by atoms with van der Waals surface area (Å²) >= 11 is 1.59. The Kier molecular flexibility index (Phi) is 5.00. The van der Waals surface area contributed by atoms with Gasteiger partial charge in [-0.05, 0) is 47.1 Å². The minimum atomic E-state index is -0.00283. The Balaban J connectivity index is 1.89. The summed E-state index contributed by atoms with van der Waals surface area (Å²) in [5.74, 6) is 0.491. The summed E-state index contributed by atoms with van der Waals surface area (Å²) in [6.45, 7) is 6.49. The molecular weight excluding hydrogens is 314 g/mol. The van der Waals surface area contributed by atoms with Crippen molar-refractivity contribution in [2.24, 2.45) is 0 Å². The van der Waals surface area contributed by atoms with E-state index in [1.54, 1.807) is 11.3 Å². The van der Waals surface area contributed by atoms with E-state index >= 15 is 0 Å². The van der Waals surface area contributed by atoms with Crippen molar-refractivity contribution in [3.63, 3.8) is 0 Å². The predicted octanol–water partition coefficient (Wildman–Crippen LogP) is 6.23. The highest BCUT2D eigenvalue weighted by atomic mass is 32.1. The Hall–Kier alpha value is -2.13. The summed E-state index contributed by atoms with van der Waals surface area (Å²) in [6, 6.07) is 16.4. The molecule has 24 heavy (non-hydrogen) atoms. The second kappa shape index (κ2) is 7.18. The molecule has 0 aliphatic heterocycles. The number of amides is 1. The van der Waals surface area contributed by atoms with Gasteiger partial charge >= 0.3 is 0 Å². The van der Waals surface area contributed by atoms with Crippen LogP contribution in [0.3, 0.4) is 0 Å². The van der Waals surface area contributed by atoms with Crippen molar-refractivity contribution < 1.29 is 4.79 Å². The molecular formula is C21H23NOS. The van der Waals surface area contributed by atoms with Crippen LogP contribution in [0.4, 0.5) is 5.69 Å². The van der Waals surface area contributed by atoms with Gasteiger partial charge in [0.1, 0.15) is 0 Å². The van der Waals surface area contributed by atoms with E-state index in [-0.39, 0.29) is 5.91 Å². The molecule has 0 aliphatic rings. The van der Waals surface area contributed by atoms with Crippen molar-refractivity contribution >= 4 is 33.0 Å². The Morgan fingerprint density at radius 1 is 1.08 bits per heavy atom. The number of hydrogen-bond donors (Lipinski definition) is 1. The second-order valence-corrected chi connectivity index (χ2v) is 7.44. The molecule has 2 aromatic carbocycles. The first-order valence-electron chi connectivity index (χ1n) is 8.52. The molecule has 0 saturated carbocycles. The quantitative estimate of drug-likeness (QED) is 0.587. The zero-order valence-electron chi connectivity index (χ0n) is 14.4. The molecule has 124 valence electrons. The van der Waals surface area contributed by atoms with Crippen LogP contribution in [0.5, 0.6) is 0 Å². The van der Waals surface area contributed by atoms with Gasteiger partial charge in [-0.25, -0.2) is 0 Å². The van der Waals surface area contributed by atoms with Crippen molar-refractivity contribution in [1.29, 1.82) is 0 Å². The van der Waals surface area contributed by atoms with E-state index < -0.39 is 0 Å². The van der Waals surface area contributed by atoms with Gasteiger partial charge in [0.15, 0.2) is 0 Å². The average Bonchev–Trinajstić information content (AvgIpc) is 2.95. The van der Waals surface area contributed by atoms with Crippen LogP contribution in [0.2, 0.25) is 0 Å². The SMILES string of the molecule is CCCc1c(C(=O)Nc2ccc(C(C)C)cc2)sc2ccccc12. The van der Waals surface area contributed by atoms with Gasteiger partial charge in [-0.1, -0.05) is 57.5 Å².